The van der Waals surface area contributed by atoms with Gasteiger partial charge in [0.15, 0.2) is 0 Å². The first kappa shape index (κ1) is 15.0. The third-order valence-electron chi connectivity index (χ3n) is 3.67. The van der Waals surface area contributed by atoms with Crippen molar-refractivity contribution in [3.05, 3.63) is 51.5 Å². The molecule has 0 bridgehead atoms. The Bertz CT molecular complexity index is 580. The number of benzene rings is 1. The third kappa shape index (κ3) is 2.86. The lowest BCUT2D eigenvalue weighted by molar-refractivity contribution is 0.199. The van der Waals surface area contributed by atoms with Crippen molar-refractivity contribution >= 4 is 17.0 Å². The lowest BCUT2D eigenvalue weighted by atomic mass is 10.0. The minimum Gasteiger partial charge on any atom is -0.389 e. The van der Waals surface area contributed by atoms with E-state index in [-0.39, 0.29) is 11.9 Å². The number of thiophene rings is 1. The highest BCUT2D eigenvalue weighted by molar-refractivity contribution is 7.10. The van der Waals surface area contributed by atoms with Crippen LogP contribution < -0.4 is 4.90 Å². The number of aliphatic hydroxyl groups is 1. The number of aryl methyl sites for hydroxylation is 1. The fraction of sp³-hybridized carbons (Fsp3) is 0.375. The summed E-state index contributed by atoms with van der Waals surface area (Å²) < 4.78 is 13.7. The molecule has 2 rings (SSSR count). The first-order valence-corrected chi connectivity index (χ1v) is 7.54. The predicted molar refractivity (Wildman–Crippen MR) is 82.9 cm³/mol. The molecule has 4 heteroatoms. The molecule has 2 aromatic rings. The van der Waals surface area contributed by atoms with Crippen LogP contribution in [0.25, 0.3) is 0 Å². The van der Waals surface area contributed by atoms with Gasteiger partial charge in [0.25, 0.3) is 0 Å². The van der Waals surface area contributed by atoms with Crippen LogP contribution in [-0.4, -0.2) is 12.2 Å². The summed E-state index contributed by atoms with van der Waals surface area (Å²) in [6, 6.07) is 7.53. The lowest BCUT2D eigenvalue weighted by Gasteiger charge is -2.29. The highest BCUT2D eigenvalue weighted by Gasteiger charge is 2.19. The quantitative estimate of drug-likeness (QED) is 0.900. The lowest BCUT2D eigenvalue weighted by Crippen LogP contribution is -2.23. The van der Waals surface area contributed by atoms with Gasteiger partial charge < -0.3 is 10.0 Å². The number of anilines is 1. The summed E-state index contributed by atoms with van der Waals surface area (Å²) in [4.78, 5) is 3.33. The molecule has 2 nitrogen and oxygen atoms in total. The van der Waals surface area contributed by atoms with Crippen LogP contribution in [0.4, 0.5) is 10.1 Å². The topological polar surface area (TPSA) is 23.5 Å². The van der Waals surface area contributed by atoms with E-state index in [1.807, 2.05) is 24.6 Å². The SMILES string of the molecule is Cc1cc(N(C)C(C)c2cccs2)c([C@H](C)O)cc1F. The van der Waals surface area contributed by atoms with E-state index in [0.29, 0.717) is 11.1 Å². The van der Waals surface area contributed by atoms with Gasteiger partial charge in [0.2, 0.25) is 0 Å². The van der Waals surface area contributed by atoms with E-state index in [0.717, 1.165) is 5.69 Å². The molecule has 1 aromatic heterocycles. The minimum absolute atomic E-state index is 0.178. The number of aliphatic hydroxyl groups excluding tert-OH is 1. The maximum absolute atomic E-state index is 13.7. The van der Waals surface area contributed by atoms with Crippen molar-refractivity contribution in [1.29, 1.82) is 0 Å². The van der Waals surface area contributed by atoms with E-state index < -0.39 is 6.10 Å². The second kappa shape index (κ2) is 5.94. The van der Waals surface area contributed by atoms with Gasteiger partial charge >= 0.3 is 0 Å². The molecule has 0 amide bonds. The average Bonchev–Trinajstić information content (AvgIpc) is 2.93. The summed E-state index contributed by atoms with van der Waals surface area (Å²) >= 11 is 1.70. The van der Waals surface area contributed by atoms with E-state index in [4.69, 9.17) is 0 Å². The Balaban J connectivity index is 2.43. The van der Waals surface area contributed by atoms with Crippen LogP contribution in [0.3, 0.4) is 0 Å². The summed E-state index contributed by atoms with van der Waals surface area (Å²) in [6.45, 7) is 5.52. The molecule has 0 aliphatic carbocycles. The number of hydrogen-bond donors (Lipinski definition) is 1. The predicted octanol–water partition coefficient (Wildman–Crippen LogP) is 4.45. The summed E-state index contributed by atoms with van der Waals surface area (Å²) in [7, 11) is 1.98. The number of nitrogens with zero attached hydrogens (tertiary/aromatic N) is 1. The van der Waals surface area contributed by atoms with Gasteiger partial charge in [0, 0.05) is 23.2 Å². The Labute approximate surface area is 123 Å². The van der Waals surface area contributed by atoms with E-state index >= 15 is 0 Å². The number of rotatable bonds is 4. The van der Waals surface area contributed by atoms with Gasteiger partial charge in [-0.25, -0.2) is 4.39 Å². The molecule has 0 saturated carbocycles. The fourth-order valence-corrected chi connectivity index (χ4v) is 3.08. The molecule has 0 radical (unpaired) electrons. The molecule has 0 aliphatic rings. The largest absolute Gasteiger partial charge is 0.389 e. The summed E-state index contributed by atoms with van der Waals surface area (Å²) in [6.07, 6.45) is -0.696. The molecule has 1 heterocycles. The second-order valence-corrected chi connectivity index (χ2v) is 6.12. The van der Waals surface area contributed by atoms with Crippen molar-refractivity contribution in [3.63, 3.8) is 0 Å². The van der Waals surface area contributed by atoms with Crippen LogP contribution in [-0.2, 0) is 0 Å². The third-order valence-corrected chi connectivity index (χ3v) is 4.72. The highest BCUT2D eigenvalue weighted by Crippen LogP contribution is 2.34. The molecular weight excluding hydrogens is 273 g/mol. The van der Waals surface area contributed by atoms with Gasteiger partial charge in [-0.05, 0) is 49.9 Å². The molecule has 20 heavy (non-hydrogen) atoms. The Kier molecular flexibility index (Phi) is 4.45. The zero-order chi connectivity index (χ0) is 14.9. The van der Waals surface area contributed by atoms with Gasteiger partial charge in [0.05, 0.1) is 12.1 Å². The summed E-state index contributed by atoms with van der Waals surface area (Å²) in [5.41, 5.74) is 2.09. The molecule has 0 aliphatic heterocycles. The van der Waals surface area contributed by atoms with Crippen molar-refractivity contribution in [2.24, 2.45) is 0 Å². The van der Waals surface area contributed by atoms with E-state index in [1.54, 1.807) is 25.2 Å². The van der Waals surface area contributed by atoms with Crippen molar-refractivity contribution in [3.8, 4) is 0 Å². The molecular formula is C16H20FNOS. The highest BCUT2D eigenvalue weighted by atomic mass is 32.1. The van der Waals surface area contributed by atoms with Crippen molar-refractivity contribution in [1.82, 2.24) is 0 Å². The zero-order valence-corrected chi connectivity index (χ0v) is 13.0. The molecule has 1 unspecified atom stereocenters. The average molecular weight is 293 g/mol. The van der Waals surface area contributed by atoms with Crippen LogP contribution in [0.2, 0.25) is 0 Å². The Morgan fingerprint density at radius 1 is 1.30 bits per heavy atom. The maximum atomic E-state index is 13.7. The van der Waals surface area contributed by atoms with Gasteiger partial charge in [0.1, 0.15) is 5.82 Å². The van der Waals surface area contributed by atoms with Crippen LogP contribution >= 0.6 is 11.3 Å². The zero-order valence-electron chi connectivity index (χ0n) is 12.2. The smallest absolute Gasteiger partial charge is 0.126 e. The van der Waals surface area contributed by atoms with Gasteiger partial charge in [-0.3, -0.25) is 0 Å². The Hall–Kier alpha value is -1.39. The molecule has 1 N–H and O–H groups in total. The van der Waals surface area contributed by atoms with Crippen molar-refractivity contribution < 1.29 is 9.50 Å². The van der Waals surface area contributed by atoms with Crippen LogP contribution in [0.1, 0.15) is 42.0 Å². The normalized spacial score (nSPS) is 14.1. The Morgan fingerprint density at radius 2 is 2.00 bits per heavy atom. The standard InChI is InChI=1S/C16H20FNOS/c1-10-8-15(13(12(3)19)9-14(10)17)18(4)11(2)16-6-5-7-20-16/h5-9,11-12,19H,1-4H3/t11?,12-/m0/s1. The van der Waals surface area contributed by atoms with Gasteiger partial charge in [-0.2, -0.15) is 0 Å². The number of halogens is 1. The van der Waals surface area contributed by atoms with E-state index in [2.05, 4.69) is 17.9 Å². The molecule has 2 atom stereocenters. The Morgan fingerprint density at radius 3 is 2.55 bits per heavy atom. The second-order valence-electron chi connectivity index (χ2n) is 5.14. The van der Waals surface area contributed by atoms with Gasteiger partial charge in [-0.15, -0.1) is 11.3 Å². The molecule has 1 aromatic carbocycles. The fourth-order valence-electron chi connectivity index (χ4n) is 2.25. The molecule has 108 valence electrons. The van der Waals surface area contributed by atoms with Crippen LogP contribution in [0.5, 0.6) is 0 Å². The van der Waals surface area contributed by atoms with Gasteiger partial charge in [-0.1, -0.05) is 6.07 Å². The summed E-state index contributed by atoms with van der Waals surface area (Å²) in [5, 5.41) is 11.9. The number of hydrogen-bond acceptors (Lipinski definition) is 3. The first-order chi connectivity index (χ1) is 9.41. The maximum Gasteiger partial charge on any atom is 0.126 e. The van der Waals surface area contributed by atoms with Crippen molar-refractivity contribution in [2.75, 3.05) is 11.9 Å². The first-order valence-electron chi connectivity index (χ1n) is 6.66. The van der Waals surface area contributed by atoms with Crippen LogP contribution in [0, 0.1) is 12.7 Å². The van der Waals surface area contributed by atoms with E-state index in [9.17, 15) is 9.50 Å². The molecule has 0 fully saturated rings. The monoisotopic (exact) mass is 293 g/mol. The van der Waals surface area contributed by atoms with E-state index in [1.165, 1.54) is 10.9 Å². The summed E-state index contributed by atoms with van der Waals surface area (Å²) in [5.74, 6) is -0.276. The molecule has 0 saturated heterocycles. The minimum atomic E-state index is -0.696. The van der Waals surface area contributed by atoms with Crippen molar-refractivity contribution in [2.45, 2.75) is 32.9 Å². The molecule has 0 spiro atoms. The van der Waals surface area contributed by atoms with Crippen LogP contribution in [0.15, 0.2) is 29.6 Å².